The van der Waals surface area contributed by atoms with E-state index >= 15 is 0 Å². The SMILES string of the molecule is CCOCCCCNCCn1cc(C)cnc1=O. The molecule has 5 nitrogen and oxygen atoms in total. The summed E-state index contributed by atoms with van der Waals surface area (Å²) in [5, 5.41) is 3.31. The first-order valence-electron chi connectivity index (χ1n) is 6.55. The van der Waals surface area contributed by atoms with Gasteiger partial charge in [-0.05, 0) is 38.8 Å². The number of hydrogen-bond acceptors (Lipinski definition) is 4. The molecule has 0 spiro atoms. The van der Waals surface area contributed by atoms with Gasteiger partial charge in [-0.2, -0.15) is 0 Å². The third-order valence-electron chi connectivity index (χ3n) is 2.61. The molecule has 0 fully saturated rings. The van der Waals surface area contributed by atoms with Crippen LogP contribution in [0.25, 0.3) is 0 Å². The van der Waals surface area contributed by atoms with Gasteiger partial charge >= 0.3 is 5.69 Å². The van der Waals surface area contributed by atoms with E-state index in [-0.39, 0.29) is 5.69 Å². The molecule has 18 heavy (non-hydrogen) atoms. The maximum atomic E-state index is 11.4. The number of unbranched alkanes of at least 4 members (excludes halogenated alkanes) is 1. The Morgan fingerprint density at radius 1 is 1.39 bits per heavy atom. The molecular weight excluding hydrogens is 230 g/mol. The van der Waals surface area contributed by atoms with E-state index in [1.54, 1.807) is 10.8 Å². The maximum Gasteiger partial charge on any atom is 0.347 e. The Bertz CT molecular complexity index is 390. The summed E-state index contributed by atoms with van der Waals surface area (Å²) in [4.78, 5) is 15.2. The summed E-state index contributed by atoms with van der Waals surface area (Å²) < 4.78 is 6.90. The monoisotopic (exact) mass is 253 g/mol. The zero-order chi connectivity index (χ0) is 13.2. The molecule has 1 heterocycles. The summed E-state index contributed by atoms with van der Waals surface area (Å²) >= 11 is 0. The molecule has 0 radical (unpaired) electrons. The van der Waals surface area contributed by atoms with Crippen molar-refractivity contribution in [1.29, 1.82) is 0 Å². The molecule has 0 saturated carbocycles. The van der Waals surface area contributed by atoms with Crippen LogP contribution >= 0.6 is 0 Å². The van der Waals surface area contributed by atoms with Crippen molar-refractivity contribution >= 4 is 0 Å². The molecule has 1 aromatic rings. The standard InChI is InChI=1S/C13H23N3O2/c1-3-18-9-5-4-6-14-7-8-16-11-12(2)10-15-13(16)17/h10-11,14H,3-9H2,1-2H3. The van der Waals surface area contributed by atoms with Crippen LogP contribution in [-0.2, 0) is 11.3 Å². The summed E-state index contributed by atoms with van der Waals surface area (Å²) in [6, 6.07) is 0. The van der Waals surface area contributed by atoms with Gasteiger partial charge in [0.05, 0.1) is 0 Å². The normalized spacial score (nSPS) is 10.8. The van der Waals surface area contributed by atoms with E-state index in [4.69, 9.17) is 4.74 Å². The highest BCUT2D eigenvalue weighted by molar-refractivity contribution is 4.99. The van der Waals surface area contributed by atoms with Crippen LogP contribution in [0, 0.1) is 6.92 Å². The number of aromatic nitrogens is 2. The maximum absolute atomic E-state index is 11.4. The van der Waals surface area contributed by atoms with Crippen molar-refractivity contribution in [1.82, 2.24) is 14.9 Å². The molecule has 1 N–H and O–H groups in total. The summed E-state index contributed by atoms with van der Waals surface area (Å²) in [7, 11) is 0. The smallest absolute Gasteiger partial charge is 0.347 e. The van der Waals surface area contributed by atoms with Crippen LogP contribution in [0.15, 0.2) is 17.2 Å². The molecule has 1 aromatic heterocycles. The molecule has 1 rings (SSSR count). The van der Waals surface area contributed by atoms with Gasteiger partial charge in [0.15, 0.2) is 0 Å². The second kappa shape index (κ2) is 8.83. The van der Waals surface area contributed by atoms with E-state index in [2.05, 4.69) is 10.3 Å². The first-order valence-corrected chi connectivity index (χ1v) is 6.55. The molecule has 0 atom stereocenters. The van der Waals surface area contributed by atoms with Gasteiger partial charge < -0.3 is 10.1 Å². The minimum atomic E-state index is -0.182. The Morgan fingerprint density at radius 2 is 2.22 bits per heavy atom. The fourth-order valence-corrected chi connectivity index (χ4v) is 1.65. The summed E-state index contributed by atoms with van der Waals surface area (Å²) in [6.07, 6.45) is 5.61. The summed E-state index contributed by atoms with van der Waals surface area (Å²) in [5.74, 6) is 0. The van der Waals surface area contributed by atoms with Gasteiger partial charge in [-0.1, -0.05) is 0 Å². The number of aryl methyl sites for hydroxylation is 1. The van der Waals surface area contributed by atoms with Gasteiger partial charge in [-0.3, -0.25) is 4.57 Å². The van der Waals surface area contributed by atoms with Crippen molar-refractivity contribution in [2.24, 2.45) is 0 Å². The second-order valence-electron chi connectivity index (χ2n) is 4.26. The van der Waals surface area contributed by atoms with Crippen LogP contribution in [0.2, 0.25) is 0 Å². The number of nitrogens with zero attached hydrogens (tertiary/aromatic N) is 2. The van der Waals surface area contributed by atoms with Crippen LogP contribution in [0.1, 0.15) is 25.3 Å². The number of ether oxygens (including phenoxy) is 1. The lowest BCUT2D eigenvalue weighted by atomic mass is 10.3. The molecule has 0 aliphatic heterocycles. The first kappa shape index (κ1) is 14.9. The second-order valence-corrected chi connectivity index (χ2v) is 4.26. The first-order chi connectivity index (χ1) is 8.74. The molecular formula is C13H23N3O2. The predicted octanol–water partition coefficient (Wildman–Crippen LogP) is 0.958. The zero-order valence-electron chi connectivity index (χ0n) is 11.3. The Hall–Kier alpha value is -1.20. The van der Waals surface area contributed by atoms with Gasteiger partial charge in [0.2, 0.25) is 0 Å². The van der Waals surface area contributed by atoms with Crippen LogP contribution in [0.5, 0.6) is 0 Å². The largest absolute Gasteiger partial charge is 0.382 e. The highest BCUT2D eigenvalue weighted by Gasteiger charge is 1.96. The average Bonchev–Trinajstić information content (AvgIpc) is 2.36. The van der Waals surface area contributed by atoms with Gasteiger partial charge in [0, 0.05) is 38.7 Å². The third kappa shape index (κ3) is 5.93. The molecule has 102 valence electrons. The van der Waals surface area contributed by atoms with E-state index in [0.717, 1.165) is 44.7 Å². The molecule has 0 bridgehead atoms. The lowest BCUT2D eigenvalue weighted by molar-refractivity contribution is 0.143. The fourth-order valence-electron chi connectivity index (χ4n) is 1.65. The van der Waals surface area contributed by atoms with E-state index in [9.17, 15) is 4.79 Å². The van der Waals surface area contributed by atoms with E-state index in [1.807, 2.05) is 20.0 Å². The van der Waals surface area contributed by atoms with Crippen LogP contribution < -0.4 is 11.0 Å². The lowest BCUT2D eigenvalue weighted by Crippen LogP contribution is -2.28. The average molecular weight is 253 g/mol. The summed E-state index contributed by atoms with van der Waals surface area (Å²) in [6.45, 7) is 7.98. The minimum absolute atomic E-state index is 0.182. The Balaban J connectivity index is 2.11. The van der Waals surface area contributed by atoms with Crippen molar-refractivity contribution in [2.75, 3.05) is 26.3 Å². The minimum Gasteiger partial charge on any atom is -0.382 e. The number of hydrogen-bond donors (Lipinski definition) is 1. The number of rotatable bonds is 9. The topological polar surface area (TPSA) is 56.1 Å². The van der Waals surface area contributed by atoms with Crippen molar-refractivity contribution < 1.29 is 4.74 Å². The van der Waals surface area contributed by atoms with Crippen molar-refractivity contribution in [3.05, 3.63) is 28.4 Å². The molecule has 0 aliphatic rings. The predicted molar refractivity (Wildman–Crippen MR) is 71.8 cm³/mol. The quantitative estimate of drug-likeness (QED) is 0.666. The van der Waals surface area contributed by atoms with Gasteiger partial charge in [0.25, 0.3) is 0 Å². The summed E-state index contributed by atoms with van der Waals surface area (Å²) in [5.41, 5.74) is 0.824. The number of nitrogens with one attached hydrogen (secondary N) is 1. The Kier molecular flexibility index (Phi) is 7.29. The van der Waals surface area contributed by atoms with Crippen molar-refractivity contribution in [2.45, 2.75) is 33.2 Å². The zero-order valence-corrected chi connectivity index (χ0v) is 11.3. The van der Waals surface area contributed by atoms with Crippen molar-refractivity contribution in [3.8, 4) is 0 Å². The highest BCUT2D eigenvalue weighted by atomic mass is 16.5. The lowest BCUT2D eigenvalue weighted by Gasteiger charge is -2.07. The van der Waals surface area contributed by atoms with Gasteiger partial charge in [0.1, 0.15) is 0 Å². The molecule has 0 amide bonds. The molecule has 0 unspecified atom stereocenters. The molecule has 5 heteroatoms. The third-order valence-corrected chi connectivity index (χ3v) is 2.61. The molecule has 0 aromatic carbocycles. The van der Waals surface area contributed by atoms with E-state index in [1.165, 1.54) is 0 Å². The van der Waals surface area contributed by atoms with Crippen LogP contribution in [0.3, 0.4) is 0 Å². The van der Waals surface area contributed by atoms with E-state index in [0.29, 0.717) is 6.54 Å². The van der Waals surface area contributed by atoms with E-state index < -0.39 is 0 Å². The Labute approximate surface area is 108 Å². The van der Waals surface area contributed by atoms with Gasteiger partial charge in [-0.25, -0.2) is 9.78 Å². The molecule has 0 saturated heterocycles. The fraction of sp³-hybridized carbons (Fsp3) is 0.692. The Morgan fingerprint density at radius 3 is 3.00 bits per heavy atom. The van der Waals surface area contributed by atoms with Crippen LogP contribution in [-0.4, -0.2) is 35.9 Å². The highest BCUT2D eigenvalue weighted by Crippen LogP contribution is 1.90. The van der Waals surface area contributed by atoms with Gasteiger partial charge in [-0.15, -0.1) is 0 Å². The van der Waals surface area contributed by atoms with Crippen LogP contribution in [0.4, 0.5) is 0 Å². The van der Waals surface area contributed by atoms with Crippen molar-refractivity contribution in [3.63, 3.8) is 0 Å². The molecule has 0 aliphatic carbocycles.